The Kier molecular flexibility index (Phi) is 4.26. The molecule has 23 heavy (non-hydrogen) atoms. The van der Waals surface area contributed by atoms with E-state index in [1.54, 1.807) is 18.5 Å². The summed E-state index contributed by atoms with van der Waals surface area (Å²) in [6, 6.07) is -0.437. The number of ether oxygens (including phenoxy) is 2. The fourth-order valence-electron chi connectivity index (χ4n) is 3.38. The molecule has 2 fully saturated rings. The first kappa shape index (κ1) is 16.8. The van der Waals surface area contributed by atoms with E-state index in [1.165, 1.54) is 0 Å². The number of hydrogen-bond donors (Lipinski definition) is 2. The van der Waals surface area contributed by atoms with Crippen LogP contribution in [0.15, 0.2) is 4.90 Å². The SMILES string of the molecule is Cc1nn(C(C)C)c(C)c1S(=O)(=O)N[C@@H]1CO[C@H]2[C@@H]1OC[C@H]2O. The Labute approximate surface area is 135 Å². The number of nitrogens with one attached hydrogen (secondary N) is 1. The van der Waals surface area contributed by atoms with E-state index in [2.05, 4.69) is 9.82 Å². The number of rotatable bonds is 4. The lowest BCUT2D eigenvalue weighted by Crippen LogP contribution is -2.44. The van der Waals surface area contributed by atoms with Gasteiger partial charge in [-0.15, -0.1) is 0 Å². The van der Waals surface area contributed by atoms with Gasteiger partial charge in [-0.3, -0.25) is 4.68 Å². The van der Waals surface area contributed by atoms with Crippen LogP contribution in [-0.2, 0) is 19.5 Å². The molecule has 0 spiro atoms. The van der Waals surface area contributed by atoms with Gasteiger partial charge in [0.1, 0.15) is 23.2 Å². The highest BCUT2D eigenvalue weighted by Crippen LogP contribution is 2.29. The predicted octanol–water partition coefficient (Wildman–Crippen LogP) is -0.114. The first-order valence-corrected chi connectivity index (χ1v) is 9.20. The van der Waals surface area contributed by atoms with Gasteiger partial charge in [-0.05, 0) is 27.7 Å². The van der Waals surface area contributed by atoms with Crippen LogP contribution >= 0.6 is 0 Å². The van der Waals surface area contributed by atoms with Gasteiger partial charge in [-0.25, -0.2) is 13.1 Å². The van der Waals surface area contributed by atoms with Gasteiger partial charge in [-0.2, -0.15) is 5.10 Å². The first-order chi connectivity index (χ1) is 10.7. The van der Waals surface area contributed by atoms with Crippen molar-refractivity contribution in [3.63, 3.8) is 0 Å². The van der Waals surface area contributed by atoms with Gasteiger partial charge in [-0.1, -0.05) is 0 Å². The maximum Gasteiger partial charge on any atom is 0.244 e. The van der Waals surface area contributed by atoms with Gasteiger partial charge >= 0.3 is 0 Å². The predicted molar refractivity (Wildman–Crippen MR) is 81.7 cm³/mol. The second-order valence-electron chi connectivity index (χ2n) is 6.43. The van der Waals surface area contributed by atoms with E-state index in [4.69, 9.17) is 9.47 Å². The monoisotopic (exact) mass is 345 g/mol. The van der Waals surface area contributed by atoms with Crippen LogP contribution in [0.25, 0.3) is 0 Å². The molecule has 0 amide bonds. The minimum Gasteiger partial charge on any atom is -0.388 e. The summed E-state index contributed by atoms with van der Waals surface area (Å²) in [5, 5.41) is 14.1. The topological polar surface area (TPSA) is 103 Å². The summed E-state index contributed by atoms with van der Waals surface area (Å²) in [5.74, 6) is 0. The first-order valence-electron chi connectivity index (χ1n) is 7.71. The van der Waals surface area contributed by atoms with Crippen molar-refractivity contribution in [3.05, 3.63) is 11.4 Å². The van der Waals surface area contributed by atoms with E-state index >= 15 is 0 Å². The van der Waals surface area contributed by atoms with E-state index < -0.39 is 34.4 Å². The lowest BCUT2D eigenvalue weighted by Gasteiger charge is -2.17. The molecule has 4 atom stereocenters. The molecule has 0 saturated carbocycles. The second-order valence-corrected chi connectivity index (χ2v) is 8.08. The Morgan fingerprint density at radius 1 is 1.26 bits per heavy atom. The molecule has 8 nitrogen and oxygen atoms in total. The molecule has 0 radical (unpaired) electrons. The second kappa shape index (κ2) is 5.82. The number of sulfonamides is 1. The maximum absolute atomic E-state index is 12.8. The molecule has 0 aromatic carbocycles. The molecular formula is C14H23N3O5S. The number of aliphatic hydroxyl groups is 1. The summed E-state index contributed by atoms with van der Waals surface area (Å²) in [7, 11) is -3.75. The van der Waals surface area contributed by atoms with Crippen molar-refractivity contribution >= 4 is 10.0 Å². The molecule has 2 aliphatic heterocycles. The van der Waals surface area contributed by atoms with Crippen molar-refractivity contribution in [3.8, 4) is 0 Å². The van der Waals surface area contributed by atoms with E-state index in [-0.39, 0.29) is 24.2 Å². The average Bonchev–Trinajstić information content (AvgIpc) is 3.07. The largest absolute Gasteiger partial charge is 0.388 e. The van der Waals surface area contributed by atoms with Crippen molar-refractivity contribution in [2.24, 2.45) is 0 Å². The van der Waals surface area contributed by atoms with Crippen LogP contribution < -0.4 is 4.72 Å². The van der Waals surface area contributed by atoms with Crippen LogP contribution in [0, 0.1) is 13.8 Å². The molecule has 2 N–H and O–H groups in total. The summed E-state index contributed by atoms with van der Waals surface area (Å²) in [4.78, 5) is 0.202. The third-order valence-corrected chi connectivity index (χ3v) is 6.09. The fourth-order valence-corrected chi connectivity index (χ4v) is 5.01. The summed E-state index contributed by atoms with van der Waals surface area (Å²) < 4.78 is 40.9. The Morgan fingerprint density at radius 3 is 2.52 bits per heavy atom. The van der Waals surface area contributed by atoms with Gasteiger partial charge in [0, 0.05) is 6.04 Å². The average molecular weight is 345 g/mol. The normalized spacial score (nSPS) is 31.0. The summed E-state index contributed by atoms with van der Waals surface area (Å²) >= 11 is 0. The minimum atomic E-state index is -3.75. The molecule has 0 bridgehead atoms. The van der Waals surface area contributed by atoms with Crippen LogP contribution in [0.4, 0.5) is 0 Å². The molecule has 2 aliphatic rings. The van der Waals surface area contributed by atoms with Gasteiger partial charge < -0.3 is 14.6 Å². The molecular weight excluding hydrogens is 322 g/mol. The van der Waals surface area contributed by atoms with Gasteiger partial charge in [0.05, 0.1) is 30.6 Å². The zero-order chi connectivity index (χ0) is 16.9. The number of aryl methyl sites for hydroxylation is 1. The quantitative estimate of drug-likeness (QED) is 0.789. The number of fused-ring (bicyclic) bond motifs is 1. The van der Waals surface area contributed by atoms with E-state index in [0.717, 1.165) is 0 Å². The van der Waals surface area contributed by atoms with Crippen molar-refractivity contribution < 1.29 is 23.0 Å². The highest BCUT2D eigenvalue weighted by molar-refractivity contribution is 7.89. The fraction of sp³-hybridized carbons (Fsp3) is 0.786. The number of aliphatic hydroxyl groups excluding tert-OH is 1. The molecule has 3 heterocycles. The van der Waals surface area contributed by atoms with E-state index in [9.17, 15) is 13.5 Å². The van der Waals surface area contributed by atoms with Crippen LogP contribution in [0.3, 0.4) is 0 Å². The van der Waals surface area contributed by atoms with Crippen molar-refractivity contribution in [1.29, 1.82) is 0 Å². The highest BCUT2D eigenvalue weighted by Gasteiger charge is 2.48. The zero-order valence-electron chi connectivity index (χ0n) is 13.7. The van der Waals surface area contributed by atoms with Crippen LogP contribution in [0.2, 0.25) is 0 Å². The Bertz CT molecular complexity index is 700. The number of aromatic nitrogens is 2. The van der Waals surface area contributed by atoms with Gasteiger partial charge in [0.15, 0.2) is 0 Å². The Morgan fingerprint density at radius 2 is 1.91 bits per heavy atom. The van der Waals surface area contributed by atoms with Crippen LogP contribution in [0.1, 0.15) is 31.3 Å². The summed E-state index contributed by atoms with van der Waals surface area (Å²) in [6.45, 7) is 7.68. The van der Waals surface area contributed by atoms with Crippen molar-refractivity contribution in [2.45, 2.75) is 63.0 Å². The molecule has 0 aliphatic carbocycles. The zero-order valence-corrected chi connectivity index (χ0v) is 14.5. The summed E-state index contributed by atoms with van der Waals surface area (Å²) in [5.41, 5.74) is 1.07. The highest BCUT2D eigenvalue weighted by atomic mass is 32.2. The molecule has 2 saturated heterocycles. The molecule has 130 valence electrons. The van der Waals surface area contributed by atoms with Crippen molar-refractivity contribution in [2.75, 3.05) is 13.2 Å². The summed E-state index contributed by atoms with van der Waals surface area (Å²) in [6.07, 6.45) is -1.63. The van der Waals surface area contributed by atoms with Gasteiger partial charge in [0.25, 0.3) is 0 Å². The third-order valence-electron chi connectivity index (χ3n) is 4.35. The van der Waals surface area contributed by atoms with Crippen LogP contribution in [0.5, 0.6) is 0 Å². The lowest BCUT2D eigenvalue weighted by atomic mass is 10.1. The third kappa shape index (κ3) is 2.80. The molecule has 1 aromatic heterocycles. The Hall–Kier alpha value is -1.00. The molecule has 3 rings (SSSR count). The molecule has 1 aromatic rings. The molecule has 9 heteroatoms. The standard InChI is InChI=1S/C14H23N3O5S/c1-7(2)17-9(4)14(8(3)15-17)23(19,20)16-10-5-21-13-11(18)6-22-12(10)13/h7,10-13,16,18H,5-6H2,1-4H3/t10-,11-,12-,13-/m1/s1. The number of nitrogens with zero attached hydrogens (tertiary/aromatic N) is 2. The lowest BCUT2D eigenvalue weighted by molar-refractivity contribution is 0.0181. The number of hydrogen-bond acceptors (Lipinski definition) is 6. The van der Waals surface area contributed by atoms with Crippen LogP contribution in [-0.4, -0.2) is 60.9 Å². The van der Waals surface area contributed by atoms with Gasteiger partial charge in [0.2, 0.25) is 10.0 Å². The molecule has 0 unspecified atom stereocenters. The Balaban J connectivity index is 1.86. The van der Waals surface area contributed by atoms with Crippen molar-refractivity contribution in [1.82, 2.24) is 14.5 Å². The smallest absolute Gasteiger partial charge is 0.244 e. The van der Waals surface area contributed by atoms with E-state index in [0.29, 0.717) is 11.4 Å². The van der Waals surface area contributed by atoms with E-state index in [1.807, 2.05) is 13.8 Å². The minimum absolute atomic E-state index is 0.0742. The maximum atomic E-state index is 12.8.